The van der Waals surface area contributed by atoms with Crippen LogP contribution in [-0.2, 0) is 4.74 Å². The van der Waals surface area contributed by atoms with Crippen molar-refractivity contribution in [2.45, 2.75) is 13.0 Å². The maximum atomic E-state index is 5.43. The van der Waals surface area contributed by atoms with E-state index in [-0.39, 0.29) is 6.04 Å². The fourth-order valence-corrected chi connectivity index (χ4v) is 1.96. The minimum absolute atomic E-state index is 0.203. The molecule has 0 spiro atoms. The highest BCUT2D eigenvalue weighted by atomic mass is 16.5. The Morgan fingerprint density at radius 3 is 2.79 bits per heavy atom. The molecule has 19 heavy (non-hydrogen) atoms. The van der Waals surface area contributed by atoms with Gasteiger partial charge in [0.2, 0.25) is 5.95 Å². The van der Waals surface area contributed by atoms with Gasteiger partial charge >= 0.3 is 0 Å². The zero-order chi connectivity index (χ0) is 13.8. The van der Waals surface area contributed by atoms with E-state index in [9.17, 15) is 0 Å². The normalized spacial score (nSPS) is 12.4. The van der Waals surface area contributed by atoms with Crippen LogP contribution < -0.4 is 16.2 Å². The topological polar surface area (TPSA) is 76.3 Å². The quantitative estimate of drug-likeness (QED) is 0.625. The molecule has 0 fully saturated rings. The molecule has 2 rings (SSSR count). The van der Waals surface area contributed by atoms with Gasteiger partial charge in [-0.1, -0.05) is 12.1 Å². The summed E-state index contributed by atoms with van der Waals surface area (Å²) in [5, 5.41) is 0.993. The largest absolute Gasteiger partial charge is 0.383 e. The first-order valence-electron chi connectivity index (χ1n) is 6.12. The lowest BCUT2D eigenvalue weighted by molar-refractivity contribution is 0.183. The molecule has 0 radical (unpaired) electrons. The number of fused-ring (bicyclic) bond motifs is 1. The number of hydrazine groups is 1. The van der Waals surface area contributed by atoms with Gasteiger partial charge in [0.05, 0.1) is 18.2 Å². The van der Waals surface area contributed by atoms with Crippen LogP contribution in [0.2, 0.25) is 0 Å². The number of nitrogen functional groups attached to an aromatic ring is 1. The number of para-hydroxylation sites is 1. The van der Waals surface area contributed by atoms with Gasteiger partial charge in [-0.3, -0.25) is 5.43 Å². The van der Waals surface area contributed by atoms with Crippen molar-refractivity contribution in [3.63, 3.8) is 0 Å². The summed E-state index contributed by atoms with van der Waals surface area (Å²) in [6, 6.07) is 8.06. The van der Waals surface area contributed by atoms with Gasteiger partial charge in [-0.05, 0) is 19.1 Å². The molecule has 0 aliphatic heterocycles. The number of benzene rings is 1. The maximum Gasteiger partial charge on any atom is 0.239 e. The predicted molar refractivity (Wildman–Crippen MR) is 77.1 cm³/mol. The van der Waals surface area contributed by atoms with Gasteiger partial charge in [0, 0.05) is 19.5 Å². The SMILES string of the molecule is COCC(C)N(C)c1nc(NN)nc2ccccc12. The minimum atomic E-state index is 0.203. The Morgan fingerprint density at radius 1 is 1.37 bits per heavy atom. The lowest BCUT2D eigenvalue weighted by Crippen LogP contribution is -2.33. The molecule has 1 atom stereocenters. The molecule has 1 unspecified atom stereocenters. The van der Waals surface area contributed by atoms with Crippen molar-refractivity contribution in [1.29, 1.82) is 0 Å². The van der Waals surface area contributed by atoms with Crippen LogP contribution in [0.4, 0.5) is 11.8 Å². The van der Waals surface area contributed by atoms with Gasteiger partial charge in [0.1, 0.15) is 5.82 Å². The highest BCUT2D eigenvalue weighted by Gasteiger charge is 2.15. The third kappa shape index (κ3) is 2.74. The summed E-state index contributed by atoms with van der Waals surface area (Å²) in [7, 11) is 3.67. The fourth-order valence-electron chi connectivity index (χ4n) is 1.96. The maximum absolute atomic E-state index is 5.43. The predicted octanol–water partition coefficient (Wildman–Crippen LogP) is 1.39. The second kappa shape index (κ2) is 5.81. The third-order valence-corrected chi connectivity index (χ3v) is 3.12. The molecule has 0 saturated heterocycles. The Bertz CT molecular complexity index is 560. The van der Waals surface area contributed by atoms with E-state index in [1.165, 1.54) is 0 Å². The van der Waals surface area contributed by atoms with E-state index in [0.29, 0.717) is 12.6 Å². The van der Waals surface area contributed by atoms with Crippen molar-refractivity contribution in [2.75, 3.05) is 31.1 Å². The van der Waals surface area contributed by atoms with E-state index in [1.54, 1.807) is 7.11 Å². The molecule has 1 aromatic carbocycles. The lowest BCUT2D eigenvalue weighted by Gasteiger charge is -2.26. The molecular formula is C13H19N5O. The zero-order valence-corrected chi connectivity index (χ0v) is 11.4. The van der Waals surface area contributed by atoms with Gasteiger partial charge in [0.25, 0.3) is 0 Å². The molecule has 1 heterocycles. The van der Waals surface area contributed by atoms with E-state index < -0.39 is 0 Å². The summed E-state index contributed by atoms with van der Waals surface area (Å²) in [6.07, 6.45) is 0. The van der Waals surface area contributed by atoms with Crippen molar-refractivity contribution in [3.05, 3.63) is 24.3 Å². The number of ether oxygens (including phenoxy) is 1. The van der Waals surface area contributed by atoms with Crippen LogP contribution in [0.5, 0.6) is 0 Å². The van der Waals surface area contributed by atoms with Crippen molar-refractivity contribution in [2.24, 2.45) is 5.84 Å². The Hall–Kier alpha value is -1.92. The molecule has 0 aliphatic rings. The molecule has 0 bridgehead atoms. The fraction of sp³-hybridized carbons (Fsp3) is 0.385. The van der Waals surface area contributed by atoms with E-state index in [4.69, 9.17) is 10.6 Å². The first-order valence-corrected chi connectivity index (χ1v) is 6.12. The van der Waals surface area contributed by atoms with Crippen molar-refractivity contribution >= 4 is 22.7 Å². The number of anilines is 2. The number of hydrogen-bond acceptors (Lipinski definition) is 6. The molecule has 6 heteroatoms. The van der Waals surface area contributed by atoms with Gasteiger partial charge < -0.3 is 9.64 Å². The van der Waals surface area contributed by atoms with Gasteiger partial charge in [0.15, 0.2) is 0 Å². The van der Waals surface area contributed by atoms with E-state index in [0.717, 1.165) is 16.7 Å². The number of nitrogens with zero attached hydrogens (tertiary/aromatic N) is 3. The van der Waals surface area contributed by atoms with Crippen molar-refractivity contribution < 1.29 is 4.74 Å². The Kier molecular flexibility index (Phi) is 4.13. The summed E-state index contributed by atoms with van der Waals surface area (Å²) >= 11 is 0. The highest BCUT2D eigenvalue weighted by molar-refractivity contribution is 5.90. The van der Waals surface area contributed by atoms with Crippen LogP contribution in [0, 0.1) is 0 Å². The third-order valence-electron chi connectivity index (χ3n) is 3.12. The standard InChI is InChI=1S/C13H19N5O/c1-9(8-19-3)18(2)12-10-6-4-5-7-11(10)15-13(16-12)17-14/h4-7,9H,8,14H2,1-3H3,(H,15,16,17). The Balaban J connectivity index is 2.51. The number of hydrogen-bond donors (Lipinski definition) is 2. The summed E-state index contributed by atoms with van der Waals surface area (Å²) in [6.45, 7) is 2.70. The van der Waals surface area contributed by atoms with Gasteiger partial charge in [-0.2, -0.15) is 4.98 Å². The number of methoxy groups -OCH3 is 1. The molecular weight excluding hydrogens is 242 g/mol. The van der Waals surface area contributed by atoms with Crippen LogP contribution in [-0.4, -0.2) is 36.8 Å². The molecule has 0 amide bonds. The molecule has 102 valence electrons. The van der Waals surface area contributed by atoms with Crippen LogP contribution in [0.25, 0.3) is 10.9 Å². The monoisotopic (exact) mass is 261 g/mol. The summed E-state index contributed by atoms with van der Waals surface area (Å²) in [5.41, 5.74) is 3.36. The number of nitrogens with one attached hydrogen (secondary N) is 1. The summed E-state index contributed by atoms with van der Waals surface area (Å²) in [4.78, 5) is 10.8. The first-order chi connectivity index (χ1) is 9.17. The molecule has 2 aromatic rings. The van der Waals surface area contributed by atoms with E-state index >= 15 is 0 Å². The summed E-state index contributed by atoms with van der Waals surface area (Å²) < 4.78 is 5.19. The summed E-state index contributed by atoms with van der Waals surface area (Å²) in [5.74, 6) is 6.67. The van der Waals surface area contributed by atoms with Crippen molar-refractivity contribution in [1.82, 2.24) is 9.97 Å². The molecule has 0 saturated carbocycles. The Morgan fingerprint density at radius 2 is 2.11 bits per heavy atom. The van der Waals surface area contributed by atoms with Crippen LogP contribution in [0.1, 0.15) is 6.92 Å². The second-order valence-corrected chi connectivity index (χ2v) is 4.45. The van der Waals surface area contributed by atoms with Gasteiger partial charge in [-0.25, -0.2) is 10.8 Å². The van der Waals surface area contributed by atoms with Crippen LogP contribution in [0.3, 0.4) is 0 Å². The zero-order valence-electron chi connectivity index (χ0n) is 11.4. The highest BCUT2D eigenvalue weighted by Crippen LogP contribution is 2.25. The van der Waals surface area contributed by atoms with E-state index in [1.807, 2.05) is 31.3 Å². The number of aromatic nitrogens is 2. The molecule has 3 N–H and O–H groups in total. The number of rotatable bonds is 5. The van der Waals surface area contributed by atoms with Crippen LogP contribution in [0.15, 0.2) is 24.3 Å². The molecule has 6 nitrogen and oxygen atoms in total. The second-order valence-electron chi connectivity index (χ2n) is 4.45. The van der Waals surface area contributed by atoms with Crippen molar-refractivity contribution in [3.8, 4) is 0 Å². The van der Waals surface area contributed by atoms with Crippen LogP contribution >= 0.6 is 0 Å². The van der Waals surface area contributed by atoms with Gasteiger partial charge in [-0.15, -0.1) is 0 Å². The molecule has 1 aromatic heterocycles. The molecule has 0 aliphatic carbocycles. The number of likely N-dealkylation sites (N-methyl/N-ethyl adjacent to an activating group) is 1. The average Bonchev–Trinajstić information content (AvgIpc) is 2.45. The lowest BCUT2D eigenvalue weighted by atomic mass is 10.2. The smallest absolute Gasteiger partial charge is 0.239 e. The first kappa shape index (κ1) is 13.5. The minimum Gasteiger partial charge on any atom is -0.383 e. The number of nitrogens with two attached hydrogens (primary N) is 1. The Labute approximate surface area is 112 Å². The average molecular weight is 261 g/mol. The van der Waals surface area contributed by atoms with E-state index in [2.05, 4.69) is 27.2 Å².